The lowest BCUT2D eigenvalue weighted by molar-refractivity contribution is -0.144. The first-order valence-electron chi connectivity index (χ1n) is 7.21. The Balaban J connectivity index is 2.90. The molecule has 8 nitrogen and oxygen atoms in total. The fourth-order valence-electron chi connectivity index (χ4n) is 1.97. The van der Waals surface area contributed by atoms with Crippen LogP contribution in [0, 0.1) is 0 Å². The van der Waals surface area contributed by atoms with E-state index in [2.05, 4.69) is 20.1 Å². The van der Waals surface area contributed by atoms with Gasteiger partial charge in [-0.05, 0) is 18.6 Å². The van der Waals surface area contributed by atoms with Crippen molar-refractivity contribution in [1.29, 1.82) is 0 Å². The van der Waals surface area contributed by atoms with Crippen LogP contribution in [0.25, 0.3) is 0 Å². The van der Waals surface area contributed by atoms with Crippen molar-refractivity contribution >= 4 is 29.4 Å². The second kappa shape index (κ2) is 9.29. The third-order valence-corrected chi connectivity index (χ3v) is 3.14. The highest BCUT2D eigenvalue weighted by atomic mass is 16.5. The molecule has 0 unspecified atom stereocenters. The number of carbonyl (C=O) groups excluding carboxylic acids is 4. The molecule has 8 heteroatoms. The van der Waals surface area contributed by atoms with E-state index in [1.165, 1.54) is 27.2 Å². The zero-order valence-corrected chi connectivity index (χ0v) is 13.8. The molecule has 0 radical (unpaired) electrons. The minimum Gasteiger partial charge on any atom is -0.469 e. The molecule has 1 rings (SSSR count). The molecule has 0 aliphatic rings. The van der Waals surface area contributed by atoms with Crippen LogP contribution in [0.4, 0.5) is 5.69 Å². The van der Waals surface area contributed by atoms with Crippen LogP contribution in [-0.2, 0) is 23.9 Å². The summed E-state index contributed by atoms with van der Waals surface area (Å²) in [6.07, 6.45) is -0.0166. The molecule has 0 heterocycles. The van der Waals surface area contributed by atoms with Crippen LogP contribution in [-0.4, -0.2) is 44.0 Å². The average Bonchev–Trinajstić information content (AvgIpc) is 2.57. The summed E-state index contributed by atoms with van der Waals surface area (Å²) in [6, 6.07) is 5.36. The van der Waals surface area contributed by atoms with E-state index >= 15 is 0 Å². The van der Waals surface area contributed by atoms with Crippen molar-refractivity contribution in [2.75, 3.05) is 19.5 Å². The Kier molecular flexibility index (Phi) is 7.41. The molecule has 0 saturated heterocycles. The van der Waals surface area contributed by atoms with Gasteiger partial charge in [0.2, 0.25) is 5.91 Å². The van der Waals surface area contributed by atoms with Gasteiger partial charge in [-0.25, -0.2) is 4.79 Å². The molecule has 1 atom stereocenters. The van der Waals surface area contributed by atoms with E-state index in [1.807, 2.05) is 0 Å². The standard InChI is InChI=1S/C16H20N2O6/c1-10(19)17-12-7-5-4-6-11(12)15(21)18-13(16(22)24-3)8-9-14(20)23-2/h4-7,13H,8-9H2,1-3H3,(H,17,19)(H,18,21)/t13-/m1/s1. The molecule has 0 bridgehead atoms. The predicted molar refractivity (Wildman–Crippen MR) is 85.3 cm³/mol. The number of hydrogen-bond acceptors (Lipinski definition) is 6. The highest BCUT2D eigenvalue weighted by molar-refractivity contribution is 6.04. The summed E-state index contributed by atoms with van der Waals surface area (Å²) in [5.74, 6) is -2.08. The minimum atomic E-state index is -1.01. The quantitative estimate of drug-likeness (QED) is 0.715. The van der Waals surface area contributed by atoms with Crippen molar-refractivity contribution in [2.24, 2.45) is 0 Å². The monoisotopic (exact) mass is 336 g/mol. The first-order valence-corrected chi connectivity index (χ1v) is 7.21. The SMILES string of the molecule is COC(=O)CC[C@@H](NC(=O)c1ccccc1NC(C)=O)C(=O)OC. The Morgan fingerprint density at radius 1 is 1.08 bits per heavy atom. The maximum absolute atomic E-state index is 12.4. The van der Waals surface area contributed by atoms with Crippen molar-refractivity contribution in [2.45, 2.75) is 25.8 Å². The topological polar surface area (TPSA) is 111 Å². The number of methoxy groups -OCH3 is 2. The molecule has 0 fully saturated rings. The number of ether oxygens (including phenoxy) is 2. The van der Waals surface area contributed by atoms with Crippen LogP contribution < -0.4 is 10.6 Å². The van der Waals surface area contributed by atoms with Crippen LogP contribution in [0.15, 0.2) is 24.3 Å². The summed E-state index contributed by atoms with van der Waals surface area (Å²) in [4.78, 5) is 46.6. The van der Waals surface area contributed by atoms with Gasteiger partial charge in [-0.1, -0.05) is 12.1 Å². The van der Waals surface area contributed by atoms with Crippen molar-refractivity contribution in [3.63, 3.8) is 0 Å². The van der Waals surface area contributed by atoms with Gasteiger partial charge in [-0.15, -0.1) is 0 Å². The van der Waals surface area contributed by atoms with Gasteiger partial charge in [-0.2, -0.15) is 0 Å². The highest BCUT2D eigenvalue weighted by Crippen LogP contribution is 2.15. The van der Waals surface area contributed by atoms with Crippen molar-refractivity contribution < 1.29 is 28.7 Å². The predicted octanol–water partition coefficient (Wildman–Crippen LogP) is 0.870. The number of para-hydroxylation sites is 1. The van der Waals surface area contributed by atoms with Crippen LogP contribution in [0.5, 0.6) is 0 Å². The Morgan fingerprint density at radius 3 is 2.33 bits per heavy atom. The van der Waals surface area contributed by atoms with Gasteiger partial charge in [0.25, 0.3) is 5.91 Å². The van der Waals surface area contributed by atoms with Gasteiger partial charge in [0.1, 0.15) is 6.04 Å². The molecule has 0 spiro atoms. The van der Waals surface area contributed by atoms with Gasteiger partial charge in [0, 0.05) is 13.3 Å². The summed E-state index contributed by atoms with van der Waals surface area (Å²) in [7, 11) is 2.42. The summed E-state index contributed by atoms with van der Waals surface area (Å²) in [6.45, 7) is 1.32. The number of hydrogen-bond donors (Lipinski definition) is 2. The molecule has 0 aliphatic carbocycles. The second-order valence-electron chi connectivity index (χ2n) is 4.89. The number of carbonyl (C=O) groups is 4. The van der Waals surface area contributed by atoms with Gasteiger partial charge in [0.05, 0.1) is 25.5 Å². The largest absolute Gasteiger partial charge is 0.469 e. The first-order chi connectivity index (χ1) is 11.4. The van der Waals surface area contributed by atoms with Gasteiger partial charge in [-0.3, -0.25) is 14.4 Å². The van der Waals surface area contributed by atoms with Crippen molar-refractivity contribution in [3.05, 3.63) is 29.8 Å². The van der Waals surface area contributed by atoms with E-state index in [0.29, 0.717) is 5.69 Å². The Morgan fingerprint density at radius 2 is 1.75 bits per heavy atom. The number of benzene rings is 1. The number of anilines is 1. The molecule has 2 amide bonds. The lowest BCUT2D eigenvalue weighted by Gasteiger charge is -2.17. The lowest BCUT2D eigenvalue weighted by Crippen LogP contribution is -2.42. The molecule has 0 aromatic heterocycles. The molecule has 130 valence electrons. The number of amides is 2. The Labute approximate surface area is 139 Å². The second-order valence-corrected chi connectivity index (χ2v) is 4.89. The van der Waals surface area contributed by atoms with E-state index in [-0.39, 0.29) is 24.3 Å². The number of esters is 2. The zero-order valence-electron chi connectivity index (χ0n) is 13.8. The van der Waals surface area contributed by atoms with E-state index in [0.717, 1.165) is 0 Å². The fourth-order valence-corrected chi connectivity index (χ4v) is 1.97. The van der Waals surface area contributed by atoms with Crippen LogP contribution >= 0.6 is 0 Å². The van der Waals surface area contributed by atoms with E-state index in [9.17, 15) is 19.2 Å². The van der Waals surface area contributed by atoms with E-state index in [1.54, 1.807) is 18.2 Å². The molecular weight excluding hydrogens is 316 g/mol. The third-order valence-electron chi connectivity index (χ3n) is 3.14. The first kappa shape index (κ1) is 19.1. The fraction of sp³-hybridized carbons (Fsp3) is 0.375. The minimum absolute atomic E-state index is 0.0351. The molecule has 1 aromatic rings. The van der Waals surface area contributed by atoms with Crippen LogP contribution in [0.2, 0.25) is 0 Å². The molecule has 24 heavy (non-hydrogen) atoms. The maximum Gasteiger partial charge on any atom is 0.328 e. The van der Waals surface area contributed by atoms with Gasteiger partial charge >= 0.3 is 11.9 Å². The van der Waals surface area contributed by atoms with Gasteiger partial charge < -0.3 is 20.1 Å². The molecule has 1 aromatic carbocycles. The maximum atomic E-state index is 12.4. The molecular formula is C16H20N2O6. The van der Waals surface area contributed by atoms with Crippen molar-refractivity contribution in [1.82, 2.24) is 5.32 Å². The normalized spacial score (nSPS) is 11.1. The zero-order chi connectivity index (χ0) is 18.1. The lowest BCUT2D eigenvalue weighted by atomic mass is 10.1. The number of rotatable bonds is 7. The van der Waals surface area contributed by atoms with Crippen LogP contribution in [0.1, 0.15) is 30.1 Å². The summed E-state index contributed by atoms with van der Waals surface area (Å²) in [5, 5.41) is 5.04. The molecule has 2 N–H and O–H groups in total. The van der Waals surface area contributed by atoms with E-state index in [4.69, 9.17) is 0 Å². The van der Waals surface area contributed by atoms with E-state index < -0.39 is 23.9 Å². The third kappa shape index (κ3) is 5.71. The molecule has 0 aliphatic heterocycles. The summed E-state index contributed by atoms with van der Waals surface area (Å²) in [5.41, 5.74) is 0.513. The Bertz CT molecular complexity index is 629. The summed E-state index contributed by atoms with van der Waals surface area (Å²) < 4.78 is 9.15. The van der Waals surface area contributed by atoms with Gasteiger partial charge in [0.15, 0.2) is 0 Å². The smallest absolute Gasteiger partial charge is 0.328 e. The van der Waals surface area contributed by atoms with Crippen LogP contribution in [0.3, 0.4) is 0 Å². The highest BCUT2D eigenvalue weighted by Gasteiger charge is 2.24. The summed E-state index contributed by atoms with van der Waals surface area (Å²) >= 11 is 0. The molecule has 0 saturated carbocycles. The number of nitrogens with one attached hydrogen (secondary N) is 2. The average molecular weight is 336 g/mol. The Hall–Kier alpha value is -2.90. The van der Waals surface area contributed by atoms with Crippen molar-refractivity contribution in [3.8, 4) is 0 Å².